The standard InChI is InChI=1S/C24H32N2O2/c1-16-3-4-17(2)20(11-16)18-12-23(13-18)7-9-26(10-8-23)22(28)19-14-24(15-19)6-5-21(27)25-24/h3-4,11,18-19H,5-10,12-15H2,1-2H3,(H,25,27)/t19-,24+. The van der Waals surface area contributed by atoms with Crippen molar-refractivity contribution in [2.45, 2.75) is 76.7 Å². The van der Waals surface area contributed by atoms with Crippen molar-refractivity contribution >= 4 is 11.8 Å². The molecule has 2 spiro atoms. The van der Waals surface area contributed by atoms with Gasteiger partial charge >= 0.3 is 0 Å². The van der Waals surface area contributed by atoms with E-state index < -0.39 is 0 Å². The van der Waals surface area contributed by atoms with Gasteiger partial charge in [-0.15, -0.1) is 0 Å². The number of likely N-dealkylation sites (tertiary alicyclic amines) is 1. The lowest BCUT2D eigenvalue weighted by atomic mass is 9.55. The van der Waals surface area contributed by atoms with Crippen molar-refractivity contribution in [3.63, 3.8) is 0 Å². The summed E-state index contributed by atoms with van der Waals surface area (Å²) in [5, 5.41) is 3.11. The fraction of sp³-hybridized carbons (Fsp3) is 0.667. The van der Waals surface area contributed by atoms with Crippen molar-refractivity contribution in [1.29, 1.82) is 0 Å². The Kier molecular flexibility index (Phi) is 4.12. The molecule has 0 radical (unpaired) electrons. The summed E-state index contributed by atoms with van der Waals surface area (Å²) in [7, 11) is 0. The first-order chi connectivity index (χ1) is 13.4. The summed E-state index contributed by atoms with van der Waals surface area (Å²) in [5.74, 6) is 1.34. The molecule has 150 valence electrons. The Morgan fingerprint density at radius 3 is 2.43 bits per heavy atom. The van der Waals surface area contributed by atoms with E-state index in [2.05, 4.69) is 42.3 Å². The zero-order valence-corrected chi connectivity index (χ0v) is 17.2. The number of hydrogen-bond donors (Lipinski definition) is 1. The highest BCUT2D eigenvalue weighted by Crippen LogP contribution is 2.57. The van der Waals surface area contributed by atoms with Crippen LogP contribution in [0.1, 0.15) is 74.0 Å². The summed E-state index contributed by atoms with van der Waals surface area (Å²) in [6.45, 7) is 6.27. The molecule has 2 aliphatic heterocycles. The van der Waals surface area contributed by atoms with Gasteiger partial charge in [-0.25, -0.2) is 0 Å². The van der Waals surface area contributed by atoms with Gasteiger partial charge in [0.25, 0.3) is 0 Å². The molecule has 1 aromatic carbocycles. The molecule has 0 bridgehead atoms. The number of hydrogen-bond acceptors (Lipinski definition) is 2. The number of rotatable bonds is 2. The Balaban J connectivity index is 1.13. The third-order valence-electron chi connectivity index (χ3n) is 8.23. The van der Waals surface area contributed by atoms with E-state index in [4.69, 9.17) is 0 Å². The van der Waals surface area contributed by atoms with Crippen molar-refractivity contribution in [3.05, 3.63) is 34.9 Å². The van der Waals surface area contributed by atoms with Gasteiger partial charge < -0.3 is 10.2 Å². The number of benzene rings is 1. The van der Waals surface area contributed by atoms with Crippen LogP contribution in [-0.2, 0) is 9.59 Å². The lowest BCUT2D eigenvalue weighted by molar-refractivity contribution is -0.145. The quantitative estimate of drug-likeness (QED) is 0.847. The predicted molar refractivity (Wildman–Crippen MR) is 109 cm³/mol. The Labute approximate surface area is 168 Å². The van der Waals surface area contributed by atoms with E-state index in [0.717, 1.165) is 45.2 Å². The second-order valence-corrected chi connectivity index (χ2v) is 10.2. The largest absolute Gasteiger partial charge is 0.351 e. The average Bonchev–Trinajstić information content (AvgIpc) is 3.02. The monoisotopic (exact) mass is 380 g/mol. The highest BCUT2D eigenvalue weighted by Gasteiger charge is 2.53. The van der Waals surface area contributed by atoms with E-state index in [1.54, 1.807) is 5.56 Å². The highest BCUT2D eigenvalue weighted by atomic mass is 16.2. The molecule has 4 heteroatoms. The van der Waals surface area contributed by atoms with E-state index in [0.29, 0.717) is 23.7 Å². The van der Waals surface area contributed by atoms with E-state index in [1.165, 1.54) is 24.0 Å². The van der Waals surface area contributed by atoms with Gasteiger partial charge in [0.1, 0.15) is 0 Å². The summed E-state index contributed by atoms with van der Waals surface area (Å²) >= 11 is 0. The molecule has 4 fully saturated rings. The molecule has 2 aliphatic carbocycles. The topological polar surface area (TPSA) is 49.4 Å². The second-order valence-electron chi connectivity index (χ2n) is 10.2. The fourth-order valence-corrected chi connectivity index (χ4v) is 6.41. The number of piperidine rings is 1. The van der Waals surface area contributed by atoms with Crippen LogP contribution in [0.2, 0.25) is 0 Å². The van der Waals surface area contributed by atoms with Crippen molar-refractivity contribution in [2.75, 3.05) is 13.1 Å². The van der Waals surface area contributed by atoms with Gasteiger partial charge in [0.05, 0.1) is 0 Å². The molecule has 2 amide bonds. The first-order valence-electron chi connectivity index (χ1n) is 11.0. The first-order valence-corrected chi connectivity index (χ1v) is 11.0. The first kappa shape index (κ1) is 18.2. The van der Waals surface area contributed by atoms with Crippen LogP contribution in [0.5, 0.6) is 0 Å². The summed E-state index contributed by atoms with van der Waals surface area (Å²) in [4.78, 5) is 26.5. The molecule has 28 heavy (non-hydrogen) atoms. The Morgan fingerprint density at radius 2 is 1.79 bits per heavy atom. The lowest BCUT2D eigenvalue weighted by Gasteiger charge is -2.54. The zero-order valence-electron chi connectivity index (χ0n) is 17.2. The molecular weight excluding hydrogens is 348 g/mol. The number of aryl methyl sites for hydroxylation is 2. The Hall–Kier alpha value is -1.84. The smallest absolute Gasteiger partial charge is 0.225 e. The van der Waals surface area contributed by atoms with Crippen LogP contribution < -0.4 is 5.32 Å². The minimum Gasteiger partial charge on any atom is -0.351 e. The minimum atomic E-state index is -0.0404. The molecule has 0 unspecified atom stereocenters. The molecule has 2 heterocycles. The number of carbonyl (C=O) groups excluding carboxylic acids is 2. The van der Waals surface area contributed by atoms with Crippen molar-refractivity contribution in [3.8, 4) is 0 Å². The third kappa shape index (κ3) is 2.96. The van der Waals surface area contributed by atoms with Gasteiger partial charge in [0.2, 0.25) is 11.8 Å². The predicted octanol–water partition coefficient (Wildman–Crippen LogP) is 3.85. The zero-order chi connectivity index (χ0) is 19.5. The molecule has 2 saturated heterocycles. The van der Waals surface area contributed by atoms with Crippen molar-refractivity contribution < 1.29 is 9.59 Å². The lowest BCUT2D eigenvalue weighted by Crippen LogP contribution is -2.58. The Morgan fingerprint density at radius 1 is 1.07 bits per heavy atom. The van der Waals surface area contributed by atoms with Crippen LogP contribution in [0.25, 0.3) is 0 Å². The van der Waals surface area contributed by atoms with Crippen molar-refractivity contribution in [2.24, 2.45) is 11.3 Å². The van der Waals surface area contributed by atoms with E-state index in [-0.39, 0.29) is 17.4 Å². The number of carbonyl (C=O) groups is 2. The normalized spacial score (nSPS) is 28.1. The number of nitrogens with one attached hydrogen (secondary N) is 1. The van der Waals surface area contributed by atoms with Crippen LogP contribution in [0.15, 0.2) is 18.2 Å². The maximum absolute atomic E-state index is 12.9. The summed E-state index contributed by atoms with van der Waals surface area (Å²) < 4.78 is 0. The molecule has 2 saturated carbocycles. The van der Waals surface area contributed by atoms with E-state index >= 15 is 0 Å². The van der Waals surface area contributed by atoms with Crippen LogP contribution in [0, 0.1) is 25.2 Å². The second kappa shape index (κ2) is 6.33. The van der Waals surface area contributed by atoms with Gasteiger partial charge in [0.15, 0.2) is 0 Å². The molecular formula is C24H32N2O2. The van der Waals surface area contributed by atoms with Crippen LogP contribution in [0.4, 0.5) is 0 Å². The maximum atomic E-state index is 12.9. The summed E-state index contributed by atoms with van der Waals surface area (Å²) in [6.07, 6.45) is 8.16. The van der Waals surface area contributed by atoms with Gasteiger partial charge in [-0.3, -0.25) is 9.59 Å². The molecule has 1 N–H and O–H groups in total. The van der Waals surface area contributed by atoms with Gasteiger partial charge in [-0.05, 0) is 81.3 Å². The maximum Gasteiger partial charge on any atom is 0.225 e. The molecule has 4 aliphatic rings. The molecule has 4 nitrogen and oxygen atoms in total. The molecule has 5 rings (SSSR count). The average molecular weight is 381 g/mol. The van der Waals surface area contributed by atoms with E-state index in [9.17, 15) is 9.59 Å². The van der Waals surface area contributed by atoms with Gasteiger partial charge in [-0.2, -0.15) is 0 Å². The molecule has 0 atom stereocenters. The molecule has 1 aromatic rings. The summed E-state index contributed by atoms with van der Waals surface area (Å²) in [6, 6.07) is 6.84. The van der Waals surface area contributed by atoms with Gasteiger partial charge in [-0.1, -0.05) is 23.8 Å². The van der Waals surface area contributed by atoms with Crippen LogP contribution in [0.3, 0.4) is 0 Å². The number of amides is 2. The van der Waals surface area contributed by atoms with Crippen molar-refractivity contribution in [1.82, 2.24) is 10.2 Å². The summed E-state index contributed by atoms with van der Waals surface area (Å²) in [5.41, 5.74) is 4.76. The van der Waals surface area contributed by atoms with E-state index in [1.807, 2.05) is 0 Å². The fourth-order valence-electron chi connectivity index (χ4n) is 6.41. The van der Waals surface area contributed by atoms with Crippen LogP contribution in [-0.4, -0.2) is 35.3 Å². The SMILES string of the molecule is Cc1ccc(C)c(C2CC3(CCN(C(=O)[C@H]4C[C@]5(CCC(=O)N5)C4)CC3)C2)c1. The van der Waals surface area contributed by atoms with Gasteiger partial charge in [0, 0.05) is 31.0 Å². The number of nitrogens with zero attached hydrogens (tertiary/aromatic N) is 1. The third-order valence-corrected chi connectivity index (χ3v) is 8.23. The minimum absolute atomic E-state index is 0.0404. The molecule has 0 aromatic heterocycles. The highest BCUT2D eigenvalue weighted by molar-refractivity contribution is 5.83. The van der Waals surface area contributed by atoms with Crippen LogP contribution >= 0.6 is 0 Å². The Bertz CT molecular complexity index is 808.